The Morgan fingerprint density at radius 1 is 0.900 bits per heavy atom. The van der Waals surface area contributed by atoms with E-state index in [1.807, 2.05) is 69.3 Å². The molecular formula is C39H40F3N3O5. The summed E-state index contributed by atoms with van der Waals surface area (Å²) in [4.78, 5) is 41.1. The molecule has 2 atom stereocenters. The van der Waals surface area contributed by atoms with E-state index in [2.05, 4.69) is 10.6 Å². The third-order valence-corrected chi connectivity index (χ3v) is 8.36. The molecule has 0 fully saturated rings. The molecule has 262 valence electrons. The number of nitrogens with one attached hydrogen (secondary N) is 2. The number of carboxylic acid groups (broad SMARTS) is 1. The van der Waals surface area contributed by atoms with Crippen molar-refractivity contribution >= 4 is 17.8 Å². The van der Waals surface area contributed by atoms with Crippen molar-refractivity contribution in [3.8, 4) is 16.9 Å². The number of halogens is 3. The molecule has 0 aliphatic carbocycles. The van der Waals surface area contributed by atoms with Gasteiger partial charge in [0.15, 0.2) is 0 Å². The Labute approximate surface area is 289 Å². The maximum atomic E-state index is 14.3. The van der Waals surface area contributed by atoms with E-state index in [-0.39, 0.29) is 25.5 Å². The van der Waals surface area contributed by atoms with Crippen molar-refractivity contribution < 1.29 is 37.4 Å². The third-order valence-electron chi connectivity index (χ3n) is 8.36. The number of ether oxygens (including phenoxy) is 1. The summed E-state index contributed by atoms with van der Waals surface area (Å²) in [5.74, 6) is -1.45. The van der Waals surface area contributed by atoms with E-state index in [1.54, 1.807) is 29.2 Å². The van der Waals surface area contributed by atoms with E-state index in [4.69, 9.17) is 4.74 Å². The molecule has 2 unspecified atom stereocenters. The fourth-order valence-corrected chi connectivity index (χ4v) is 6.03. The lowest BCUT2D eigenvalue weighted by molar-refractivity contribution is -0.139. The van der Waals surface area contributed by atoms with Crippen molar-refractivity contribution in [2.24, 2.45) is 0 Å². The lowest BCUT2D eigenvalue weighted by Crippen LogP contribution is -2.51. The minimum Gasteiger partial charge on any atom is -0.489 e. The van der Waals surface area contributed by atoms with Crippen molar-refractivity contribution in [1.82, 2.24) is 15.5 Å². The van der Waals surface area contributed by atoms with Gasteiger partial charge in [-0.25, -0.2) is 0 Å². The third kappa shape index (κ3) is 9.50. The van der Waals surface area contributed by atoms with Crippen molar-refractivity contribution in [2.45, 2.75) is 64.0 Å². The first-order chi connectivity index (χ1) is 23.7. The van der Waals surface area contributed by atoms with E-state index in [0.717, 1.165) is 28.8 Å². The summed E-state index contributed by atoms with van der Waals surface area (Å²) in [6.07, 6.45) is -4.27. The molecule has 1 aliphatic heterocycles. The summed E-state index contributed by atoms with van der Waals surface area (Å²) in [7, 11) is 0. The molecular weight excluding hydrogens is 647 g/mol. The lowest BCUT2D eigenvalue weighted by Gasteiger charge is -2.37. The molecule has 1 aliphatic rings. The molecule has 2 amide bonds. The van der Waals surface area contributed by atoms with Gasteiger partial charge in [0.2, 0.25) is 11.8 Å². The zero-order valence-corrected chi connectivity index (χ0v) is 28.1. The number of nitrogens with zero attached hydrogens (tertiary/aromatic N) is 1. The molecule has 4 aromatic carbocycles. The molecule has 0 saturated heterocycles. The summed E-state index contributed by atoms with van der Waals surface area (Å²) in [5.41, 5.74) is 3.28. The van der Waals surface area contributed by atoms with Gasteiger partial charge in [-0.05, 0) is 84.8 Å². The van der Waals surface area contributed by atoms with E-state index in [9.17, 15) is 32.7 Å². The van der Waals surface area contributed by atoms with Crippen LogP contribution >= 0.6 is 0 Å². The van der Waals surface area contributed by atoms with Gasteiger partial charge in [0, 0.05) is 12.1 Å². The maximum Gasteiger partial charge on any atom is 0.416 e. The molecule has 0 bridgehead atoms. The number of fused-ring (bicyclic) bond motifs is 1. The Morgan fingerprint density at radius 2 is 1.56 bits per heavy atom. The SMILES string of the molecule is CC(C)(C)NC(=O)CN1CCc2ccc(OCc3ccc(C(F)(F)F)cc3)cc2C1C(=O)NC(CC(=O)O)c1ccc(-c2ccccc2)cc1. The molecule has 1 heterocycles. The average molecular weight is 688 g/mol. The number of alkyl halides is 3. The lowest BCUT2D eigenvalue weighted by atomic mass is 9.90. The van der Waals surface area contributed by atoms with Crippen LogP contribution < -0.4 is 15.4 Å². The number of benzene rings is 4. The standard InChI is InChI=1S/C39H40F3N3O5/c1-38(2,3)44-34(46)23-45-20-19-28-15-18-31(50-24-25-9-16-30(17-10-25)39(40,41)42)21-32(28)36(45)37(49)43-33(22-35(47)48)29-13-11-27(12-14-29)26-7-5-4-6-8-26/h4-18,21,33,36H,19-20,22-24H2,1-3H3,(H,43,49)(H,44,46)(H,47,48). The monoisotopic (exact) mass is 687 g/mol. The zero-order chi connectivity index (χ0) is 36.1. The van der Waals surface area contributed by atoms with Gasteiger partial charge in [0.25, 0.3) is 0 Å². The number of hydrogen-bond donors (Lipinski definition) is 3. The highest BCUT2D eigenvalue weighted by atomic mass is 19.4. The highest BCUT2D eigenvalue weighted by Gasteiger charge is 2.36. The smallest absolute Gasteiger partial charge is 0.416 e. The molecule has 3 N–H and O–H groups in total. The predicted octanol–water partition coefficient (Wildman–Crippen LogP) is 7.10. The molecule has 50 heavy (non-hydrogen) atoms. The number of carboxylic acids is 1. The molecule has 0 aromatic heterocycles. The number of rotatable bonds is 11. The van der Waals surface area contributed by atoms with Gasteiger partial charge in [-0.1, -0.05) is 72.8 Å². The Morgan fingerprint density at radius 3 is 2.18 bits per heavy atom. The normalized spacial score (nSPS) is 15.4. The largest absolute Gasteiger partial charge is 0.489 e. The quantitative estimate of drug-likeness (QED) is 0.155. The van der Waals surface area contributed by atoms with Gasteiger partial charge in [0.1, 0.15) is 18.4 Å². The van der Waals surface area contributed by atoms with Crippen LogP contribution in [0, 0.1) is 0 Å². The van der Waals surface area contributed by atoms with Crippen LogP contribution in [0.5, 0.6) is 5.75 Å². The van der Waals surface area contributed by atoms with E-state index < -0.39 is 41.2 Å². The molecule has 0 spiro atoms. The van der Waals surface area contributed by atoms with Crippen LogP contribution in [0.15, 0.2) is 97.1 Å². The van der Waals surface area contributed by atoms with E-state index in [0.29, 0.717) is 35.4 Å². The number of aliphatic carboxylic acids is 1. The summed E-state index contributed by atoms with van der Waals surface area (Å²) in [5, 5.41) is 15.7. The van der Waals surface area contributed by atoms with Gasteiger partial charge < -0.3 is 20.5 Å². The van der Waals surface area contributed by atoms with E-state index in [1.165, 1.54) is 12.1 Å². The van der Waals surface area contributed by atoms with Crippen LogP contribution in [0.4, 0.5) is 13.2 Å². The number of hydrogen-bond acceptors (Lipinski definition) is 5. The summed E-state index contributed by atoms with van der Waals surface area (Å²) in [6.45, 7) is 5.89. The molecule has 4 aromatic rings. The second-order valence-electron chi connectivity index (χ2n) is 13.4. The molecule has 8 nitrogen and oxygen atoms in total. The van der Waals surface area contributed by atoms with E-state index >= 15 is 0 Å². The Kier molecular flexibility index (Phi) is 11.0. The van der Waals surface area contributed by atoms with Crippen LogP contribution in [-0.2, 0) is 33.6 Å². The Bertz CT molecular complexity index is 1800. The minimum absolute atomic E-state index is 0.00878. The topological polar surface area (TPSA) is 108 Å². The van der Waals surface area contributed by atoms with Gasteiger partial charge in [0.05, 0.1) is 24.6 Å². The highest BCUT2D eigenvalue weighted by molar-refractivity contribution is 5.86. The second kappa shape index (κ2) is 15.2. The van der Waals surface area contributed by atoms with Crippen LogP contribution in [0.25, 0.3) is 11.1 Å². The number of carbonyl (C=O) groups is 3. The molecule has 0 radical (unpaired) electrons. The first-order valence-electron chi connectivity index (χ1n) is 16.3. The maximum absolute atomic E-state index is 14.3. The first-order valence-corrected chi connectivity index (χ1v) is 16.3. The van der Waals surface area contributed by atoms with Crippen molar-refractivity contribution in [3.05, 3.63) is 125 Å². The van der Waals surface area contributed by atoms with Gasteiger partial charge in [-0.2, -0.15) is 13.2 Å². The molecule has 5 rings (SSSR count). The summed E-state index contributed by atoms with van der Waals surface area (Å²) >= 11 is 0. The predicted molar refractivity (Wildman–Crippen MR) is 183 cm³/mol. The second-order valence-corrected chi connectivity index (χ2v) is 13.4. The highest BCUT2D eigenvalue weighted by Crippen LogP contribution is 2.35. The number of amides is 2. The summed E-state index contributed by atoms with van der Waals surface area (Å²) < 4.78 is 45.0. The molecule has 0 saturated carbocycles. The first kappa shape index (κ1) is 36.1. The fourth-order valence-electron chi connectivity index (χ4n) is 6.03. The van der Waals surface area contributed by atoms with Crippen LogP contribution in [-0.4, -0.2) is 46.4 Å². The van der Waals surface area contributed by atoms with Crippen LogP contribution in [0.3, 0.4) is 0 Å². The van der Waals surface area contributed by atoms with Crippen molar-refractivity contribution in [1.29, 1.82) is 0 Å². The zero-order valence-electron chi connectivity index (χ0n) is 28.1. The van der Waals surface area contributed by atoms with Crippen molar-refractivity contribution in [3.63, 3.8) is 0 Å². The summed E-state index contributed by atoms with van der Waals surface area (Å²) in [6, 6.07) is 25.2. The van der Waals surface area contributed by atoms with Gasteiger partial charge >= 0.3 is 12.1 Å². The van der Waals surface area contributed by atoms with Crippen LogP contribution in [0.2, 0.25) is 0 Å². The van der Waals surface area contributed by atoms with Crippen molar-refractivity contribution in [2.75, 3.05) is 13.1 Å². The minimum atomic E-state index is -4.45. The average Bonchev–Trinajstić information content (AvgIpc) is 3.06. The van der Waals surface area contributed by atoms with Crippen LogP contribution in [0.1, 0.15) is 67.1 Å². The Hall–Kier alpha value is -5.16. The van der Waals surface area contributed by atoms with Gasteiger partial charge in [-0.3, -0.25) is 19.3 Å². The number of carbonyl (C=O) groups excluding carboxylic acids is 2. The fraction of sp³-hybridized carbons (Fsp3) is 0.308. The Balaban J connectivity index is 1.42. The molecule has 11 heteroatoms. The van der Waals surface area contributed by atoms with Gasteiger partial charge in [-0.15, -0.1) is 0 Å².